The average Bonchev–Trinajstić information content (AvgIpc) is 2.29. The van der Waals surface area contributed by atoms with Crippen LogP contribution in [0.25, 0.3) is 0 Å². The molecule has 0 heterocycles. The van der Waals surface area contributed by atoms with Gasteiger partial charge in [0.25, 0.3) is 0 Å². The molecule has 0 amide bonds. The van der Waals surface area contributed by atoms with Gasteiger partial charge in [-0.25, -0.2) is 0 Å². The Morgan fingerprint density at radius 3 is 1.15 bits per heavy atom. The van der Waals surface area contributed by atoms with Crippen molar-refractivity contribution in [1.29, 1.82) is 0 Å². The molecule has 0 saturated carbocycles. The molecule has 0 aromatic carbocycles. The lowest BCUT2D eigenvalue weighted by molar-refractivity contribution is -0.141. The summed E-state index contributed by atoms with van der Waals surface area (Å²) in [6.07, 6.45) is 0.529. The molecular weight excluding hydrogens is 264 g/mol. The van der Waals surface area contributed by atoms with Gasteiger partial charge < -0.3 is 20.4 Å². The lowest BCUT2D eigenvalue weighted by Crippen LogP contribution is -2.13. The average molecular weight is 294 g/mol. The molecule has 0 aromatic heterocycles. The van der Waals surface area contributed by atoms with E-state index in [0.29, 0.717) is 6.42 Å². The largest absolute Gasteiger partial charge is 0.481 e. The van der Waals surface area contributed by atoms with Crippen LogP contribution >= 0.6 is 0 Å². The monoisotopic (exact) mass is 294 g/mol. The second kappa shape index (κ2) is 14.3. The Labute approximate surface area is 121 Å². The smallest absolute Gasteiger partial charge is 0.305 e. The molecule has 0 aliphatic rings. The fraction of sp³-hybridized carbons (Fsp3) is 0.857. The fourth-order valence-electron chi connectivity index (χ4n) is 0.560. The fourth-order valence-corrected chi connectivity index (χ4v) is 0.560. The molecule has 6 nitrogen and oxygen atoms in total. The lowest BCUT2D eigenvalue weighted by atomic mass is 10.1. The van der Waals surface area contributed by atoms with Gasteiger partial charge in [0.05, 0.1) is 24.0 Å². The van der Waals surface area contributed by atoms with E-state index in [0.717, 1.165) is 6.42 Å². The van der Waals surface area contributed by atoms with Crippen LogP contribution in [-0.4, -0.2) is 44.6 Å². The number of hydrogen-bond acceptors (Lipinski definition) is 4. The molecule has 0 saturated heterocycles. The van der Waals surface area contributed by atoms with Gasteiger partial charge in [0.15, 0.2) is 0 Å². The minimum atomic E-state index is -0.741. The van der Waals surface area contributed by atoms with E-state index in [-0.39, 0.29) is 24.0 Å². The number of carboxylic acid groups (broad SMARTS) is 2. The minimum absolute atomic E-state index is 0.231. The van der Waals surface area contributed by atoms with E-state index in [1.54, 1.807) is 34.6 Å². The summed E-state index contributed by atoms with van der Waals surface area (Å²) < 4.78 is 0. The first-order chi connectivity index (χ1) is 8.95. The zero-order valence-electron chi connectivity index (χ0n) is 13.3. The standard InChI is InChI=1S/C6H14O2.2C4H8O2/c1-3-6(8)4-5(2)7;2*1-3(2)4(5)6/h5-8H,3-4H2,1-2H3;2*3H,1-2H3,(H,5,6). The predicted octanol–water partition coefficient (Wildman–Crippen LogP) is 1.98. The number of rotatable bonds is 5. The van der Waals surface area contributed by atoms with Gasteiger partial charge in [-0.3, -0.25) is 9.59 Å². The highest BCUT2D eigenvalue weighted by Crippen LogP contribution is 1.99. The van der Waals surface area contributed by atoms with Gasteiger partial charge in [0.1, 0.15) is 0 Å². The Hall–Kier alpha value is -1.14. The van der Waals surface area contributed by atoms with Crippen molar-refractivity contribution < 1.29 is 30.0 Å². The first-order valence-electron chi connectivity index (χ1n) is 6.77. The summed E-state index contributed by atoms with van der Waals surface area (Å²) in [6.45, 7) is 10.1. The van der Waals surface area contributed by atoms with Crippen LogP contribution in [0.1, 0.15) is 54.4 Å². The van der Waals surface area contributed by atoms with Crippen molar-refractivity contribution in [3.8, 4) is 0 Å². The summed E-state index contributed by atoms with van der Waals surface area (Å²) in [4.78, 5) is 19.4. The molecule has 0 fully saturated rings. The number of carboxylic acids is 2. The normalized spacial score (nSPS) is 12.7. The van der Waals surface area contributed by atoms with Gasteiger partial charge in [0, 0.05) is 0 Å². The van der Waals surface area contributed by atoms with Crippen LogP contribution in [0, 0.1) is 11.8 Å². The SMILES string of the molecule is CC(C)C(=O)O.CC(C)C(=O)O.CCC(O)CC(C)O. The third kappa shape index (κ3) is 25.6. The molecule has 0 bridgehead atoms. The van der Waals surface area contributed by atoms with Gasteiger partial charge in [-0.2, -0.15) is 0 Å². The van der Waals surface area contributed by atoms with Crippen LogP contribution in [0.5, 0.6) is 0 Å². The molecular formula is C14H30O6. The van der Waals surface area contributed by atoms with E-state index in [1.807, 2.05) is 6.92 Å². The van der Waals surface area contributed by atoms with Crippen molar-refractivity contribution in [2.75, 3.05) is 0 Å². The Kier molecular flexibility index (Phi) is 17.1. The third-order valence-corrected chi connectivity index (χ3v) is 2.07. The van der Waals surface area contributed by atoms with Crippen LogP contribution in [0.4, 0.5) is 0 Å². The number of aliphatic hydroxyl groups excluding tert-OH is 2. The molecule has 0 rings (SSSR count). The van der Waals surface area contributed by atoms with Gasteiger partial charge in [-0.15, -0.1) is 0 Å². The van der Waals surface area contributed by atoms with E-state index in [1.165, 1.54) is 0 Å². The number of carbonyl (C=O) groups is 2. The molecule has 0 aliphatic heterocycles. The summed E-state index contributed by atoms with van der Waals surface area (Å²) in [5.74, 6) is -1.94. The van der Waals surface area contributed by atoms with Crippen molar-refractivity contribution in [3.63, 3.8) is 0 Å². The van der Waals surface area contributed by atoms with Gasteiger partial charge in [0.2, 0.25) is 0 Å². The van der Waals surface area contributed by atoms with Crippen LogP contribution < -0.4 is 0 Å². The zero-order valence-corrected chi connectivity index (χ0v) is 13.3. The zero-order chi connectivity index (χ0) is 16.9. The first-order valence-corrected chi connectivity index (χ1v) is 6.77. The summed E-state index contributed by atoms with van der Waals surface area (Å²) in [6, 6.07) is 0. The summed E-state index contributed by atoms with van der Waals surface area (Å²) in [7, 11) is 0. The Morgan fingerprint density at radius 1 is 0.850 bits per heavy atom. The van der Waals surface area contributed by atoms with E-state index in [9.17, 15) is 9.59 Å². The van der Waals surface area contributed by atoms with Crippen LogP contribution in [0.3, 0.4) is 0 Å². The van der Waals surface area contributed by atoms with Crippen molar-refractivity contribution in [1.82, 2.24) is 0 Å². The molecule has 6 heteroatoms. The molecule has 20 heavy (non-hydrogen) atoms. The van der Waals surface area contributed by atoms with Gasteiger partial charge in [-0.1, -0.05) is 34.6 Å². The molecule has 0 spiro atoms. The van der Waals surface area contributed by atoms with E-state index < -0.39 is 11.9 Å². The molecule has 4 N–H and O–H groups in total. The third-order valence-electron chi connectivity index (χ3n) is 2.07. The van der Waals surface area contributed by atoms with Gasteiger partial charge >= 0.3 is 11.9 Å². The van der Waals surface area contributed by atoms with Crippen LogP contribution in [-0.2, 0) is 9.59 Å². The number of aliphatic carboxylic acids is 2. The number of hydrogen-bond donors (Lipinski definition) is 4. The Bertz CT molecular complexity index is 230. The Morgan fingerprint density at radius 2 is 1.10 bits per heavy atom. The second-order valence-electron chi connectivity index (χ2n) is 5.13. The maximum absolute atomic E-state index is 9.70. The molecule has 2 atom stereocenters. The Balaban J connectivity index is -0.000000221. The topological polar surface area (TPSA) is 115 Å². The second-order valence-corrected chi connectivity index (χ2v) is 5.13. The molecule has 2 unspecified atom stereocenters. The number of aliphatic hydroxyl groups is 2. The summed E-state index contributed by atoms with van der Waals surface area (Å²) in [5, 5.41) is 33.5. The summed E-state index contributed by atoms with van der Waals surface area (Å²) in [5.41, 5.74) is 0. The highest BCUT2D eigenvalue weighted by molar-refractivity contribution is 5.69. The van der Waals surface area contributed by atoms with Crippen LogP contribution in [0.2, 0.25) is 0 Å². The highest BCUT2D eigenvalue weighted by Gasteiger charge is 2.03. The van der Waals surface area contributed by atoms with Crippen molar-refractivity contribution in [2.24, 2.45) is 11.8 Å². The quantitative estimate of drug-likeness (QED) is 0.616. The molecule has 0 aliphatic carbocycles. The van der Waals surface area contributed by atoms with Gasteiger partial charge in [-0.05, 0) is 19.8 Å². The van der Waals surface area contributed by atoms with E-state index >= 15 is 0 Å². The van der Waals surface area contributed by atoms with Crippen molar-refractivity contribution in [3.05, 3.63) is 0 Å². The van der Waals surface area contributed by atoms with Crippen molar-refractivity contribution in [2.45, 2.75) is 66.6 Å². The van der Waals surface area contributed by atoms with E-state index in [4.69, 9.17) is 20.4 Å². The van der Waals surface area contributed by atoms with Crippen molar-refractivity contribution >= 4 is 11.9 Å². The maximum atomic E-state index is 9.70. The first kappa shape index (κ1) is 23.9. The molecule has 0 radical (unpaired) electrons. The summed E-state index contributed by atoms with van der Waals surface area (Å²) >= 11 is 0. The minimum Gasteiger partial charge on any atom is -0.481 e. The molecule has 0 aromatic rings. The van der Waals surface area contributed by atoms with E-state index in [2.05, 4.69) is 0 Å². The lowest BCUT2D eigenvalue weighted by Gasteiger charge is -2.08. The van der Waals surface area contributed by atoms with Crippen LogP contribution in [0.15, 0.2) is 0 Å². The maximum Gasteiger partial charge on any atom is 0.305 e. The highest BCUT2D eigenvalue weighted by atomic mass is 16.4. The molecule has 122 valence electrons. The predicted molar refractivity (Wildman–Crippen MR) is 77.5 cm³/mol.